The average molecular weight is 385 g/mol. The van der Waals surface area contributed by atoms with E-state index < -0.39 is 11.7 Å². The van der Waals surface area contributed by atoms with Gasteiger partial charge in [-0.1, -0.05) is 0 Å². The lowest BCUT2D eigenvalue weighted by Gasteiger charge is -2.22. The Balaban J connectivity index is 1.72. The standard InChI is InChI=1S/C19H27N7O2/c1-12(23-18(27)28-19(2,3)4)6-7-14-8-16(20)26-17(24-14)15(10-22-26)13-9-21-25(5)11-13/h8-12H,6-7,20H2,1-5H3,(H,23,27). The summed E-state index contributed by atoms with van der Waals surface area (Å²) in [5, 5.41) is 11.4. The Bertz CT molecular complexity index is 984. The maximum absolute atomic E-state index is 11.9. The van der Waals surface area contributed by atoms with Gasteiger partial charge in [-0.2, -0.15) is 14.7 Å². The van der Waals surface area contributed by atoms with Gasteiger partial charge in [0.2, 0.25) is 0 Å². The number of nitrogens with zero attached hydrogens (tertiary/aromatic N) is 5. The van der Waals surface area contributed by atoms with Gasteiger partial charge in [0, 0.05) is 42.2 Å². The molecule has 28 heavy (non-hydrogen) atoms. The predicted octanol–water partition coefficient (Wildman–Crippen LogP) is 2.56. The van der Waals surface area contributed by atoms with Gasteiger partial charge in [-0.3, -0.25) is 4.68 Å². The first kappa shape index (κ1) is 19.7. The topological polar surface area (TPSA) is 112 Å². The molecule has 150 valence electrons. The Hall–Kier alpha value is -3.10. The Morgan fingerprint density at radius 2 is 2.07 bits per heavy atom. The van der Waals surface area contributed by atoms with Crippen LogP contribution in [0.1, 0.15) is 39.8 Å². The monoisotopic (exact) mass is 385 g/mol. The van der Waals surface area contributed by atoms with Crippen LogP contribution in [0.5, 0.6) is 0 Å². The Labute approximate surface area is 163 Å². The summed E-state index contributed by atoms with van der Waals surface area (Å²) in [7, 11) is 1.86. The second kappa shape index (κ2) is 7.49. The maximum Gasteiger partial charge on any atom is 0.407 e. The molecular formula is C19H27N7O2. The molecule has 0 aliphatic heterocycles. The molecule has 1 unspecified atom stereocenters. The molecule has 1 amide bonds. The lowest BCUT2D eigenvalue weighted by atomic mass is 10.1. The van der Waals surface area contributed by atoms with Gasteiger partial charge >= 0.3 is 6.09 Å². The smallest absolute Gasteiger partial charge is 0.407 e. The van der Waals surface area contributed by atoms with Crippen molar-refractivity contribution in [1.82, 2.24) is 29.7 Å². The van der Waals surface area contributed by atoms with E-state index in [2.05, 4.69) is 15.5 Å². The van der Waals surface area contributed by atoms with Crippen molar-refractivity contribution in [2.24, 2.45) is 7.05 Å². The van der Waals surface area contributed by atoms with E-state index in [4.69, 9.17) is 15.5 Å². The van der Waals surface area contributed by atoms with Gasteiger partial charge in [0.15, 0.2) is 5.65 Å². The Kier molecular flexibility index (Phi) is 5.26. The number of hydrogen-bond donors (Lipinski definition) is 2. The summed E-state index contributed by atoms with van der Waals surface area (Å²) in [5.74, 6) is 0.517. The number of aryl methyl sites for hydroxylation is 2. The second-order valence-corrected chi connectivity index (χ2v) is 7.95. The van der Waals surface area contributed by atoms with Gasteiger partial charge in [-0.25, -0.2) is 9.78 Å². The molecule has 0 spiro atoms. The fourth-order valence-corrected chi connectivity index (χ4v) is 2.88. The second-order valence-electron chi connectivity index (χ2n) is 7.95. The predicted molar refractivity (Wildman–Crippen MR) is 107 cm³/mol. The molecule has 3 N–H and O–H groups in total. The van der Waals surface area contributed by atoms with E-state index in [9.17, 15) is 4.79 Å². The van der Waals surface area contributed by atoms with Crippen molar-refractivity contribution in [3.63, 3.8) is 0 Å². The number of alkyl carbamates (subject to hydrolysis) is 1. The van der Waals surface area contributed by atoms with Crippen LogP contribution in [-0.2, 0) is 18.2 Å². The number of nitrogen functional groups attached to an aromatic ring is 1. The SMILES string of the molecule is CC(CCc1cc(N)n2ncc(-c3cnn(C)c3)c2n1)NC(=O)OC(C)(C)C. The van der Waals surface area contributed by atoms with E-state index in [1.807, 2.05) is 47.0 Å². The van der Waals surface area contributed by atoms with Gasteiger partial charge < -0.3 is 15.8 Å². The number of hydrogen-bond acceptors (Lipinski definition) is 6. The van der Waals surface area contributed by atoms with E-state index in [0.29, 0.717) is 24.3 Å². The van der Waals surface area contributed by atoms with Crippen molar-refractivity contribution < 1.29 is 9.53 Å². The molecule has 3 rings (SSSR count). The average Bonchev–Trinajstić information content (AvgIpc) is 3.17. The number of nitrogens with two attached hydrogens (primary N) is 1. The number of fused-ring (bicyclic) bond motifs is 1. The van der Waals surface area contributed by atoms with Crippen LogP contribution in [0.15, 0.2) is 24.7 Å². The molecular weight excluding hydrogens is 358 g/mol. The van der Waals surface area contributed by atoms with Gasteiger partial charge in [-0.15, -0.1) is 0 Å². The summed E-state index contributed by atoms with van der Waals surface area (Å²) < 4.78 is 8.64. The number of aromatic nitrogens is 5. The van der Waals surface area contributed by atoms with Crippen molar-refractivity contribution in [1.29, 1.82) is 0 Å². The van der Waals surface area contributed by atoms with Gasteiger partial charge in [0.1, 0.15) is 11.4 Å². The van der Waals surface area contributed by atoms with E-state index in [-0.39, 0.29) is 6.04 Å². The zero-order chi connectivity index (χ0) is 20.5. The van der Waals surface area contributed by atoms with Crippen LogP contribution >= 0.6 is 0 Å². The lowest BCUT2D eigenvalue weighted by Crippen LogP contribution is -2.37. The highest BCUT2D eigenvalue weighted by Crippen LogP contribution is 2.24. The van der Waals surface area contributed by atoms with Crippen LogP contribution in [0.25, 0.3) is 16.8 Å². The Morgan fingerprint density at radius 3 is 2.71 bits per heavy atom. The molecule has 0 aliphatic rings. The molecule has 0 bridgehead atoms. The zero-order valence-corrected chi connectivity index (χ0v) is 16.9. The highest BCUT2D eigenvalue weighted by molar-refractivity contribution is 5.77. The molecule has 0 radical (unpaired) electrons. The fourth-order valence-electron chi connectivity index (χ4n) is 2.88. The van der Waals surface area contributed by atoms with Crippen LogP contribution in [0.2, 0.25) is 0 Å². The van der Waals surface area contributed by atoms with Crippen molar-refractivity contribution in [3.05, 3.63) is 30.4 Å². The summed E-state index contributed by atoms with van der Waals surface area (Å²) in [5.41, 5.74) is 8.98. The summed E-state index contributed by atoms with van der Waals surface area (Å²) in [6.07, 6.45) is 6.38. The number of nitrogens with one attached hydrogen (secondary N) is 1. The summed E-state index contributed by atoms with van der Waals surface area (Å²) in [6, 6.07) is 1.75. The van der Waals surface area contributed by atoms with Crippen molar-refractivity contribution in [2.75, 3.05) is 5.73 Å². The minimum atomic E-state index is -0.518. The first-order valence-corrected chi connectivity index (χ1v) is 9.24. The van der Waals surface area contributed by atoms with Crippen LogP contribution in [0.3, 0.4) is 0 Å². The molecule has 0 saturated heterocycles. The molecule has 9 nitrogen and oxygen atoms in total. The quantitative estimate of drug-likeness (QED) is 0.698. The third kappa shape index (κ3) is 4.59. The first-order chi connectivity index (χ1) is 13.1. The van der Waals surface area contributed by atoms with Gasteiger partial charge in [0.05, 0.1) is 12.4 Å². The number of rotatable bonds is 5. The molecule has 0 saturated carbocycles. The Morgan fingerprint density at radius 1 is 1.32 bits per heavy atom. The normalized spacial score (nSPS) is 12.9. The van der Waals surface area contributed by atoms with Crippen molar-refractivity contribution in [2.45, 2.75) is 52.2 Å². The van der Waals surface area contributed by atoms with Gasteiger partial charge in [0.25, 0.3) is 0 Å². The number of amides is 1. The number of carbonyl (C=O) groups excluding carboxylic acids is 1. The van der Waals surface area contributed by atoms with Gasteiger partial charge in [-0.05, 0) is 40.5 Å². The number of anilines is 1. The third-order valence-electron chi connectivity index (χ3n) is 4.16. The van der Waals surface area contributed by atoms with Crippen LogP contribution in [0.4, 0.5) is 10.6 Å². The number of carbonyl (C=O) groups is 1. The molecule has 3 aromatic rings. The summed E-state index contributed by atoms with van der Waals surface area (Å²) in [6.45, 7) is 7.45. The number of ether oxygens (including phenoxy) is 1. The van der Waals surface area contributed by atoms with Crippen molar-refractivity contribution >= 4 is 17.6 Å². The van der Waals surface area contributed by atoms with E-state index in [0.717, 1.165) is 16.8 Å². The molecule has 9 heteroatoms. The maximum atomic E-state index is 11.9. The van der Waals surface area contributed by atoms with E-state index in [1.165, 1.54) is 0 Å². The summed E-state index contributed by atoms with van der Waals surface area (Å²) >= 11 is 0. The van der Waals surface area contributed by atoms with Crippen molar-refractivity contribution in [3.8, 4) is 11.1 Å². The lowest BCUT2D eigenvalue weighted by molar-refractivity contribution is 0.0506. The minimum absolute atomic E-state index is 0.0585. The third-order valence-corrected chi connectivity index (χ3v) is 4.16. The minimum Gasteiger partial charge on any atom is -0.444 e. The molecule has 1 atom stereocenters. The molecule has 0 aliphatic carbocycles. The van der Waals surface area contributed by atoms with E-state index in [1.54, 1.807) is 21.6 Å². The highest BCUT2D eigenvalue weighted by Gasteiger charge is 2.18. The summed E-state index contributed by atoms with van der Waals surface area (Å²) in [4.78, 5) is 16.6. The van der Waals surface area contributed by atoms with Crippen LogP contribution < -0.4 is 11.1 Å². The van der Waals surface area contributed by atoms with Crippen LogP contribution in [0, 0.1) is 0 Å². The molecule has 0 aromatic carbocycles. The molecule has 3 aromatic heterocycles. The highest BCUT2D eigenvalue weighted by atomic mass is 16.6. The fraction of sp³-hybridized carbons (Fsp3) is 0.474. The first-order valence-electron chi connectivity index (χ1n) is 9.24. The largest absolute Gasteiger partial charge is 0.444 e. The molecule has 0 fully saturated rings. The van der Waals surface area contributed by atoms with Crippen LogP contribution in [-0.4, -0.2) is 42.1 Å². The van der Waals surface area contributed by atoms with E-state index >= 15 is 0 Å². The zero-order valence-electron chi connectivity index (χ0n) is 16.9. The molecule has 3 heterocycles.